The SMILES string of the molecule is COc1ccc(-c2c(C#N)c(N)[nH]c(=O)c2C#N)cc1Cn1ccc([N+](=O)[O-])n1. The number of aromatic nitrogens is 3. The van der Waals surface area contributed by atoms with Crippen LogP contribution in [-0.2, 0) is 6.54 Å². The van der Waals surface area contributed by atoms with E-state index in [4.69, 9.17) is 10.5 Å². The van der Waals surface area contributed by atoms with Gasteiger partial charge in [-0.3, -0.25) is 4.79 Å². The maximum atomic E-state index is 12.1. The molecule has 29 heavy (non-hydrogen) atoms. The molecule has 3 aromatic rings. The first kappa shape index (κ1) is 19.1. The highest BCUT2D eigenvalue weighted by Gasteiger charge is 2.20. The number of nitro groups is 1. The van der Waals surface area contributed by atoms with Crippen molar-refractivity contribution in [2.45, 2.75) is 6.54 Å². The molecule has 144 valence electrons. The summed E-state index contributed by atoms with van der Waals surface area (Å²) in [5.41, 5.74) is 5.82. The van der Waals surface area contributed by atoms with Crippen LogP contribution in [0.3, 0.4) is 0 Å². The summed E-state index contributed by atoms with van der Waals surface area (Å²) < 4.78 is 6.68. The van der Waals surface area contributed by atoms with Crippen molar-refractivity contribution >= 4 is 11.6 Å². The number of hydrogen-bond donors (Lipinski definition) is 2. The van der Waals surface area contributed by atoms with Crippen LogP contribution in [0.5, 0.6) is 5.75 Å². The van der Waals surface area contributed by atoms with Gasteiger partial charge in [-0.2, -0.15) is 15.2 Å². The third kappa shape index (κ3) is 3.48. The summed E-state index contributed by atoms with van der Waals surface area (Å²) in [6, 6.07) is 9.77. The van der Waals surface area contributed by atoms with Gasteiger partial charge in [0.1, 0.15) is 34.8 Å². The third-order valence-electron chi connectivity index (χ3n) is 4.18. The van der Waals surface area contributed by atoms with Crippen molar-refractivity contribution in [1.82, 2.24) is 14.8 Å². The molecule has 0 saturated carbocycles. The highest BCUT2D eigenvalue weighted by atomic mass is 16.6. The Balaban J connectivity index is 2.18. The van der Waals surface area contributed by atoms with Gasteiger partial charge in [-0.1, -0.05) is 6.07 Å². The van der Waals surface area contributed by atoms with Gasteiger partial charge in [-0.05, 0) is 22.6 Å². The zero-order valence-electron chi connectivity index (χ0n) is 15.0. The van der Waals surface area contributed by atoms with Crippen molar-refractivity contribution in [2.75, 3.05) is 12.8 Å². The lowest BCUT2D eigenvalue weighted by molar-refractivity contribution is -0.389. The summed E-state index contributed by atoms with van der Waals surface area (Å²) in [4.78, 5) is 24.6. The van der Waals surface area contributed by atoms with Crippen LogP contribution >= 0.6 is 0 Å². The van der Waals surface area contributed by atoms with E-state index >= 15 is 0 Å². The predicted octanol–water partition coefficient (Wildman–Crippen LogP) is 1.53. The number of nitrogens with zero attached hydrogens (tertiary/aromatic N) is 5. The number of ether oxygens (including phenoxy) is 1. The van der Waals surface area contributed by atoms with Crippen molar-refractivity contribution in [3.63, 3.8) is 0 Å². The van der Waals surface area contributed by atoms with E-state index in [1.165, 1.54) is 24.1 Å². The molecule has 3 N–H and O–H groups in total. The van der Waals surface area contributed by atoms with E-state index in [1.807, 2.05) is 6.07 Å². The Labute approximate surface area is 163 Å². The number of anilines is 1. The summed E-state index contributed by atoms with van der Waals surface area (Å²) in [6.07, 6.45) is 1.44. The molecule has 1 aromatic carbocycles. The van der Waals surface area contributed by atoms with Gasteiger partial charge in [0, 0.05) is 11.1 Å². The molecule has 0 aliphatic heterocycles. The van der Waals surface area contributed by atoms with Gasteiger partial charge in [0.25, 0.3) is 5.56 Å². The van der Waals surface area contributed by atoms with E-state index in [2.05, 4.69) is 10.1 Å². The molecule has 2 aromatic heterocycles. The quantitative estimate of drug-likeness (QED) is 0.485. The maximum Gasteiger partial charge on any atom is 0.389 e. The lowest BCUT2D eigenvalue weighted by atomic mass is 9.95. The van der Waals surface area contributed by atoms with Crippen LogP contribution in [0.25, 0.3) is 11.1 Å². The molecule has 0 saturated heterocycles. The third-order valence-corrected chi connectivity index (χ3v) is 4.18. The van der Waals surface area contributed by atoms with E-state index in [0.29, 0.717) is 16.9 Å². The fourth-order valence-corrected chi connectivity index (χ4v) is 2.90. The Kier molecular flexibility index (Phi) is 4.97. The molecule has 11 heteroatoms. The molecule has 0 aliphatic carbocycles. The Hall–Kier alpha value is -4.64. The van der Waals surface area contributed by atoms with Crippen LogP contribution in [-0.4, -0.2) is 26.8 Å². The van der Waals surface area contributed by atoms with Gasteiger partial charge < -0.3 is 25.6 Å². The van der Waals surface area contributed by atoms with Crippen LogP contribution in [0.15, 0.2) is 35.3 Å². The number of benzene rings is 1. The second-order valence-electron chi connectivity index (χ2n) is 5.87. The van der Waals surface area contributed by atoms with E-state index in [1.54, 1.807) is 24.3 Å². The van der Waals surface area contributed by atoms with Crippen LogP contribution in [0.4, 0.5) is 11.6 Å². The molecule has 0 aliphatic rings. The standard InChI is InChI=1S/C18H13N7O4/c1-29-14-3-2-10(6-11(14)9-24-5-4-15(23-24)25(27)28)16-12(7-19)17(21)22-18(26)13(16)8-20/h2-6H,9H2,1H3,(H3,21,22,26). The highest BCUT2D eigenvalue weighted by molar-refractivity contribution is 5.80. The van der Waals surface area contributed by atoms with E-state index in [0.717, 1.165) is 0 Å². The minimum absolute atomic E-state index is 0.0352. The first-order valence-electron chi connectivity index (χ1n) is 8.10. The second-order valence-corrected chi connectivity index (χ2v) is 5.87. The molecule has 0 fully saturated rings. The zero-order valence-corrected chi connectivity index (χ0v) is 15.0. The average Bonchev–Trinajstić information content (AvgIpc) is 3.16. The van der Waals surface area contributed by atoms with Crippen molar-refractivity contribution in [3.05, 3.63) is 67.6 Å². The highest BCUT2D eigenvalue weighted by Crippen LogP contribution is 2.32. The predicted molar refractivity (Wildman–Crippen MR) is 101 cm³/mol. The second kappa shape index (κ2) is 7.54. The Morgan fingerprint density at radius 1 is 1.31 bits per heavy atom. The number of nitrogen functional groups attached to an aromatic ring is 1. The van der Waals surface area contributed by atoms with Crippen molar-refractivity contribution < 1.29 is 9.66 Å². The van der Waals surface area contributed by atoms with Crippen LogP contribution < -0.4 is 16.0 Å². The van der Waals surface area contributed by atoms with Crippen LogP contribution in [0.1, 0.15) is 16.7 Å². The largest absolute Gasteiger partial charge is 0.496 e. The smallest absolute Gasteiger partial charge is 0.389 e. The van der Waals surface area contributed by atoms with Crippen LogP contribution in [0.2, 0.25) is 0 Å². The summed E-state index contributed by atoms with van der Waals surface area (Å²) in [5, 5.41) is 33.6. The van der Waals surface area contributed by atoms with Gasteiger partial charge in [-0.25, -0.2) is 0 Å². The lowest BCUT2D eigenvalue weighted by Crippen LogP contribution is -2.16. The van der Waals surface area contributed by atoms with E-state index < -0.39 is 10.5 Å². The van der Waals surface area contributed by atoms with Gasteiger partial charge in [-0.15, -0.1) is 0 Å². The summed E-state index contributed by atoms with van der Waals surface area (Å²) in [6.45, 7) is 0.118. The topological polar surface area (TPSA) is 177 Å². The lowest BCUT2D eigenvalue weighted by Gasteiger charge is -2.13. The normalized spacial score (nSPS) is 10.2. The first-order valence-corrected chi connectivity index (χ1v) is 8.10. The molecule has 11 nitrogen and oxygen atoms in total. The molecule has 0 atom stereocenters. The van der Waals surface area contributed by atoms with Crippen molar-refractivity contribution in [1.29, 1.82) is 10.5 Å². The Morgan fingerprint density at radius 2 is 2.03 bits per heavy atom. The van der Waals surface area contributed by atoms with Crippen molar-refractivity contribution in [2.24, 2.45) is 0 Å². The molecule has 0 bridgehead atoms. The van der Waals surface area contributed by atoms with Gasteiger partial charge in [0.2, 0.25) is 0 Å². The van der Waals surface area contributed by atoms with E-state index in [-0.39, 0.29) is 34.9 Å². The average molecular weight is 391 g/mol. The molecule has 2 heterocycles. The molecular formula is C18H13N7O4. The summed E-state index contributed by atoms with van der Waals surface area (Å²) in [7, 11) is 1.46. The fourth-order valence-electron chi connectivity index (χ4n) is 2.90. The molecule has 0 amide bonds. The molecular weight excluding hydrogens is 378 g/mol. The number of hydrogen-bond acceptors (Lipinski definition) is 8. The molecule has 0 radical (unpaired) electrons. The number of nitriles is 2. The number of nitrogens with one attached hydrogen (secondary N) is 1. The van der Waals surface area contributed by atoms with Gasteiger partial charge in [0.05, 0.1) is 31.0 Å². The number of aromatic amines is 1. The Bertz CT molecular complexity index is 1260. The molecule has 0 spiro atoms. The fraction of sp³-hybridized carbons (Fsp3) is 0.111. The number of methoxy groups -OCH3 is 1. The maximum absolute atomic E-state index is 12.1. The van der Waals surface area contributed by atoms with Gasteiger partial charge >= 0.3 is 5.82 Å². The summed E-state index contributed by atoms with van der Waals surface area (Å²) >= 11 is 0. The summed E-state index contributed by atoms with van der Waals surface area (Å²) in [5.74, 6) is 0.00863. The zero-order chi connectivity index (χ0) is 21.1. The minimum Gasteiger partial charge on any atom is -0.496 e. The van der Waals surface area contributed by atoms with Crippen molar-refractivity contribution in [3.8, 4) is 29.0 Å². The Morgan fingerprint density at radius 3 is 2.62 bits per heavy atom. The number of pyridine rings is 1. The number of H-pyrrole nitrogens is 1. The van der Waals surface area contributed by atoms with Gasteiger partial charge in [0.15, 0.2) is 0 Å². The first-order chi connectivity index (χ1) is 13.9. The van der Waals surface area contributed by atoms with E-state index in [9.17, 15) is 25.4 Å². The van der Waals surface area contributed by atoms with Crippen LogP contribution in [0, 0.1) is 32.8 Å². The minimum atomic E-state index is -0.709. The number of rotatable bonds is 5. The monoisotopic (exact) mass is 391 g/mol. The number of nitrogens with two attached hydrogens (primary N) is 1. The molecule has 3 rings (SSSR count). The molecule has 0 unspecified atom stereocenters.